The van der Waals surface area contributed by atoms with Crippen LogP contribution < -0.4 is 0 Å². The molecule has 0 aliphatic heterocycles. The maximum Gasteiger partial charge on any atom is 0 e. The second-order valence-electron chi connectivity index (χ2n) is 7.00. The topological polar surface area (TPSA) is 0 Å². The summed E-state index contributed by atoms with van der Waals surface area (Å²) in [6.07, 6.45) is 1.24. The Morgan fingerprint density at radius 1 is 0.609 bits per heavy atom. The third-order valence-electron chi connectivity index (χ3n) is 6.15. The molecule has 2 aliphatic carbocycles. The molecule has 0 aromatic heterocycles. The van der Waals surface area contributed by atoms with Crippen LogP contribution in [0.15, 0.2) is 0 Å². The van der Waals surface area contributed by atoms with Gasteiger partial charge in [-0.05, 0) is 5.92 Å². The monoisotopic (exact) mass is 452 g/mol. The second-order valence-corrected chi connectivity index (χ2v) is 7.00. The molecule has 0 heterocycles. The molecule has 2 radical (unpaired) electrons. The van der Waals surface area contributed by atoms with Crippen molar-refractivity contribution in [3.05, 3.63) is 67.8 Å². The van der Waals surface area contributed by atoms with Crippen LogP contribution in [0.1, 0.15) is 73.9 Å². The second kappa shape index (κ2) is 6.75. The van der Waals surface area contributed by atoms with Gasteiger partial charge in [-0.3, -0.25) is 0 Å². The first-order valence-corrected chi connectivity index (χ1v) is 7.97. The summed E-state index contributed by atoms with van der Waals surface area (Å²) in [4.78, 5) is 0. The molecule has 2 heteroatoms. The fourth-order valence-electron chi connectivity index (χ4n) is 4.54. The van der Waals surface area contributed by atoms with Crippen LogP contribution in [-0.4, -0.2) is 0 Å². The molecule has 2 aliphatic rings. The molecule has 0 atom stereocenters. The maximum absolute atomic E-state index is 3.70. The van der Waals surface area contributed by atoms with Crippen molar-refractivity contribution >= 4 is 0 Å². The van der Waals surface area contributed by atoms with Crippen molar-refractivity contribution in [2.45, 2.75) is 59.8 Å². The molecule has 0 fully saturated rings. The normalized spacial score (nSPS) is 19.7. The fourth-order valence-corrected chi connectivity index (χ4v) is 4.54. The van der Waals surface area contributed by atoms with Gasteiger partial charge in [0.05, 0.1) is 0 Å². The zero-order valence-electron chi connectivity index (χ0n) is 15.0. The summed E-state index contributed by atoms with van der Waals surface area (Å²) in [5.41, 5.74) is 14.6. The third-order valence-corrected chi connectivity index (χ3v) is 6.15. The van der Waals surface area contributed by atoms with Crippen molar-refractivity contribution in [2.75, 3.05) is 0 Å². The van der Waals surface area contributed by atoms with Gasteiger partial charge in [0.1, 0.15) is 0 Å². The first-order chi connectivity index (χ1) is 9.91. The van der Waals surface area contributed by atoms with E-state index in [0.29, 0.717) is 11.8 Å². The standard InChI is InChI=1S/C21H22.2Y/c1-10-7-17-16-9-19(20(17)14(5)12(10)3)21-15(6)13(4)11(2)8-18(16)21;;/h16,19H,9H2,1-6H3;;/q-2;;. The van der Waals surface area contributed by atoms with E-state index in [2.05, 4.69) is 53.7 Å². The van der Waals surface area contributed by atoms with Gasteiger partial charge in [0.15, 0.2) is 0 Å². The minimum absolute atomic E-state index is 0. The largest absolute Gasteiger partial charge is 0.176 e. The molecule has 23 heavy (non-hydrogen) atoms. The molecule has 114 valence electrons. The van der Waals surface area contributed by atoms with E-state index in [-0.39, 0.29) is 65.4 Å². The molecule has 0 saturated heterocycles. The zero-order chi connectivity index (χ0) is 15.0. The number of hydrogen-bond donors (Lipinski definition) is 0. The van der Waals surface area contributed by atoms with E-state index in [0.717, 1.165) is 0 Å². The van der Waals surface area contributed by atoms with Crippen molar-refractivity contribution < 1.29 is 65.4 Å². The predicted octanol–water partition coefficient (Wildman–Crippen LogP) is 5.11. The minimum Gasteiger partial charge on any atom is -0.176 e. The van der Waals surface area contributed by atoms with Crippen molar-refractivity contribution in [1.82, 2.24) is 0 Å². The van der Waals surface area contributed by atoms with E-state index < -0.39 is 0 Å². The maximum atomic E-state index is 3.70. The summed E-state index contributed by atoms with van der Waals surface area (Å²) >= 11 is 0. The van der Waals surface area contributed by atoms with Gasteiger partial charge in [-0.2, -0.15) is 67.8 Å². The van der Waals surface area contributed by atoms with Gasteiger partial charge < -0.3 is 0 Å². The van der Waals surface area contributed by atoms with E-state index in [4.69, 9.17) is 0 Å². The number of benzene rings is 2. The Morgan fingerprint density at radius 3 is 1.39 bits per heavy atom. The van der Waals surface area contributed by atoms with Crippen LogP contribution in [0.5, 0.6) is 0 Å². The SMILES string of the molecule is Cc1[c-]c2c(c(C)c1C)C1CC2c2[c-]c(C)c(C)c(C)c21.[Y].[Y]. The zero-order valence-corrected chi connectivity index (χ0v) is 20.7. The summed E-state index contributed by atoms with van der Waals surface area (Å²) in [6, 6.07) is 7.41. The molecular weight excluding hydrogens is 430 g/mol. The fraction of sp³-hybridized carbons (Fsp3) is 0.429. The Morgan fingerprint density at radius 2 is 1.00 bits per heavy atom. The Hall–Kier alpha value is 0.648. The summed E-state index contributed by atoms with van der Waals surface area (Å²) in [6.45, 7) is 13.5. The van der Waals surface area contributed by atoms with Crippen molar-refractivity contribution in [3.8, 4) is 0 Å². The van der Waals surface area contributed by atoms with Gasteiger partial charge in [0.25, 0.3) is 0 Å². The van der Waals surface area contributed by atoms with E-state index in [1.807, 2.05) is 0 Å². The average Bonchev–Trinajstić information content (AvgIpc) is 2.98. The predicted molar refractivity (Wildman–Crippen MR) is 87.3 cm³/mol. The van der Waals surface area contributed by atoms with Gasteiger partial charge in [-0.1, -0.05) is 53.9 Å². The molecule has 0 nitrogen and oxygen atoms in total. The van der Waals surface area contributed by atoms with Gasteiger partial charge in [0, 0.05) is 65.4 Å². The van der Waals surface area contributed by atoms with Gasteiger partial charge in [0.2, 0.25) is 0 Å². The number of hydrogen-bond acceptors (Lipinski definition) is 0. The first-order valence-electron chi connectivity index (χ1n) is 7.97. The van der Waals surface area contributed by atoms with Crippen LogP contribution in [0.4, 0.5) is 0 Å². The van der Waals surface area contributed by atoms with Crippen molar-refractivity contribution in [1.29, 1.82) is 0 Å². The molecule has 4 rings (SSSR count). The number of aryl methyl sites for hydroxylation is 2. The van der Waals surface area contributed by atoms with E-state index in [9.17, 15) is 0 Å². The Kier molecular flexibility index (Phi) is 5.86. The summed E-state index contributed by atoms with van der Waals surface area (Å²) < 4.78 is 0. The Bertz CT molecular complexity index is 737. The quantitative estimate of drug-likeness (QED) is 0.488. The van der Waals surface area contributed by atoms with Crippen LogP contribution in [0, 0.1) is 53.7 Å². The smallest absolute Gasteiger partial charge is 0 e. The molecule has 0 spiro atoms. The molecular formula is C21H22Y2-2. The third kappa shape index (κ3) is 2.63. The van der Waals surface area contributed by atoms with Crippen LogP contribution in [0.3, 0.4) is 0 Å². The van der Waals surface area contributed by atoms with Crippen LogP contribution >= 0.6 is 0 Å². The van der Waals surface area contributed by atoms with E-state index >= 15 is 0 Å². The molecule has 0 saturated carbocycles. The van der Waals surface area contributed by atoms with Gasteiger partial charge in [-0.25, -0.2) is 0 Å². The van der Waals surface area contributed by atoms with E-state index in [1.165, 1.54) is 50.9 Å². The number of fused-ring (bicyclic) bond motifs is 8. The Labute approximate surface area is 191 Å². The van der Waals surface area contributed by atoms with Crippen molar-refractivity contribution in [2.24, 2.45) is 0 Å². The minimum atomic E-state index is 0. The summed E-state index contributed by atoms with van der Waals surface area (Å²) in [5, 5.41) is 0. The van der Waals surface area contributed by atoms with Gasteiger partial charge in [-0.15, -0.1) is 0 Å². The number of rotatable bonds is 0. The molecule has 0 amide bonds. The van der Waals surface area contributed by atoms with Gasteiger partial charge >= 0.3 is 0 Å². The van der Waals surface area contributed by atoms with Crippen LogP contribution in [0.2, 0.25) is 0 Å². The molecule has 2 aromatic rings. The van der Waals surface area contributed by atoms with Crippen molar-refractivity contribution in [3.63, 3.8) is 0 Å². The summed E-state index contributed by atoms with van der Waals surface area (Å²) in [5.74, 6) is 1.13. The first kappa shape index (κ1) is 20.0. The molecule has 0 N–H and O–H groups in total. The Balaban J connectivity index is 0.000000960. The average molecular weight is 452 g/mol. The molecule has 2 aromatic carbocycles. The van der Waals surface area contributed by atoms with E-state index in [1.54, 1.807) is 11.1 Å². The molecule has 2 bridgehead atoms. The summed E-state index contributed by atoms with van der Waals surface area (Å²) in [7, 11) is 0. The molecule has 0 unspecified atom stereocenters. The van der Waals surface area contributed by atoms with Crippen LogP contribution in [0.25, 0.3) is 0 Å². The van der Waals surface area contributed by atoms with Crippen LogP contribution in [-0.2, 0) is 65.4 Å².